The van der Waals surface area contributed by atoms with Crippen LogP contribution in [0.5, 0.6) is 0 Å². The second-order valence-corrected chi connectivity index (χ2v) is 10.9. The highest BCUT2D eigenvalue weighted by Crippen LogP contribution is 2.54. The topological polar surface area (TPSA) is 67.7 Å². The molecule has 7 nitrogen and oxygen atoms in total. The second kappa shape index (κ2) is 12.0. The summed E-state index contributed by atoms with van der Waals surface area (Å²) in [5.74, 6) is 1.15. The molecule has 1 aromatic heterocycles. The molecule has 0 atom stereocenters. The minimum absolute atomic E-state index is 0.0417. The zero-order valence-corrected chi connectivity index (χ0v) is 22.6. The number of aryl methyl sites for hydroxylation is 1. The standard InChI is InChI=1S/C18H28N4O.C5H12O.C2H6.CH2O/c1-14-8-16(21-7-5-4-6-17(21,2)3)19-22(14)15-9-18(10-15)11-20(12-18)13-23;1-5(2,3)6-4;2*1-2/h8,13,15H,4-7,9-12H2,1-3H3;1-4H3;1-2H3;1H2. The van der Waals surface area contributed by atoms with Gasteiger partial charge in [0.15, 0.2) is 5.82 Å². The Labute approximate surface area is 201 Å². The van der Waals surface area contributed by atoms with Gasteiger partial charge in [-0.25, -0.2) is 0 Å². The maximum atomic E-state index is 10.8. The molecule has 1 aliphatic carbocycles. The Morgan fingerprint density at radius 2 is 1.70 bits per heavy atom. The third kappa shape index (κ3) is 7.29. The fourth-order valence-corrected chi connectivity index (χ4v) is 4.92. The quantitative estimate of drug-likeness (QED) is 0.587. The predicted octanol–water partition coefficient (Wildman–Crippen LogP) is 5.03. The Balaban J connectivity index is 0.000000470. The molecule has 1 amide bonds. The van der Waals surface area contributed by atoms with Crippen molar-refractivity contribution in [3.8, 4) is 0 Å². The molecule has 0 bridgehead atoms. The fourth-order valence-electron chi connectivity index (χ4n) is 4.92. The van der Waals surface area contributed by atoms with E-state index in [9.17, 15) is 4.79 Å². The smallest absolute Gasteiger partial charge is 0.209 e. The van der Waals surface area contributed by atoms with Crippen molar-refractivity contribution in [1.29, 1.82) is 0 Å². The van der Waals surface area contributed by atoms with E-state index < -0.39 is 0 Å². The van der Waals surface area contributed by atoms with E-state index >= 15 is 0 Å². The Kier molecular flexibility index (Phi) is 10.6. The number of hydrogen-bond acceptors (Lipinski definition) is 5. The lowest BCUT2D eigenvalue weighted by Gasteiger charge is -2.58. The second-order valence-electron chi connectivity index (χ2n) is 10.9. The van der Waals surface area contributed by atoms with E-state index in [1.807, 2.05) is 46.3 Å². The first-order valence-electron chi connectivity index (χ1n) is 12.4. The van der Waals surface area contributed by atoms with Gasteiger partial charge in [0.2, 0.25) is 6.41 Å². The van der Waals surface area contributed by atoms with Crippen molar-refractivity contribution in [2.24, 2.45) is 5.41 Å². The Morgan fingerprint density at radius 3 is 2.15 bits per heavy atom. The molecule has 2 saturated heterocycles. The van der Waals surface area contributed by atoms with Crippen molar-refractivity contribution in [2.75, 3.05) is 31.6 Å². The van der Waals surface area contributed by atoms with E-state index in [-0.39, 0.29) is 11.1 Å². The number of aromatic nitrogens is 2. The zero-order valence-electron chi connectivity index (χ0n) is 22.6. The number of rotatable bonds is 3. The SMILES string of the molecule is C=O.CC.COC(C)(C)C.Cc1cc(N2CCCCC2(C)C)nn1C1CC2(C1)CN(C=O)C2. The largest absolute Gasteiger partial charge is 0.379 e. The van der Waals surface area contributed by atoms with Gasteiger partial charge in [0.1, 0.15) is 6.79 Å². The van der Waals surface area contributed by atoms with Crippen molar-refractivity contribution in [2.45, 2.75) is 105 Å². The fraction of sp³-hybridized carbons (Fsp3) is 0.808. The van der Waals surface area contributed by atoms with Gasteiger partial charge in [-0.05, 0) is 73.6 Å². The molecule has 0 N–H and O–H groups in total. The molecule has 4 rings (SSSR count). The molecule has 0 unspecified atom stereocenters. The van der Waals surface area contributed by atoms with Gasteiger partial charge in [0, 0.05) is 49.5 Å². The number of carbonyl (C=O) groups is 2. The van der Waals surface area contributed by atoms with Crippen LogP contribution in [-0.2, 0) is 14.3 Å². The van der Waals surface area contributed by atoms with Crippen molar-refractivity contribution < 1.29 is 14.3 Å². The number of likely N-dealkylation sites (tertiary alicyclic amines) is 1. The first-order valence-corrected chi connectivity index (χ1v) is 12.4. The average Bonchev–Trinajstić information content (AvgIpc) is 3.10. The highest BCUT2D eigenvalue weighted by molar-refractivity contribution is 5.50. The van der Waals surface area contributed by atoms with Crippen LogP contribution in [0.15, 0.2) is 6.07 Å². The Hall–Kier alpha value is -1.89. The number of hydrogen-bond donors (Lipinski definition) is 0. The van der Waals surface area contributed by atoms with Gasteiger partial charge in [0.25, 0.3) is 0 Å². The third-order valence-electron chi connectivity index (χ3n) is 6.86. The maximum Gasteiger partial charge on any atom is 0.209 e. The predicted molar refractivity (Wildman–Crippen MR) is 136 cm³/mol. The lowest BCUT2D eigenvalue weighted by atomic mass is 9.61. The van der Waals surface area contributed by atoms with Gasteiger partial charge in [-0.3, -0.25) is 9.48 Å². The van der Waals surface area contributed by atoms with Gasteiger partial charge in [0.05, 0.1) is 11.6 Å². The van der Waals surface area contributed by atoms with E-state index in [0.29, 0.717) is 11.5 Å². The van der Waals surface area contributed by atoms with Gasteiger partial charge in [-0.2, -0.15) is 5.10 Å². The number of anilines is 1. The number of amides is 1. The van der Waals surface area contributed by atoms with Crippen LogP contribution in [0.2, 0.25) is 0 Å². The van der Waals surface area contributed by atoms with Gasteiger partial charge in [-0.1, -0.05) is 13.8 Å². The minimum atomic E-state index is 0.0417. The molecular formula is C26H48N4O3. The van der Waals surface area contributed by atoms with E-state index in [1.165, 1.54) is 37.8 Å². The summed E-state index contributed by atoms with van der Waals surface area (Å²) in [5, 5.41) is 4.97. The summed E-state index contributed by atoms with van der Waals surface area (Å²) in [6.45, 7) is 21.9. The average molecular weight is 465 g/mol. The first-order chi connectivity index (χ1) is 15.5. The molecule has 1 saturated carbocycles. The number of piperidine rings is 1. The van der Waals surface area contributed by atoms with E-state index in [4.69, 9.17) is 14.6 Å². The van der Waals surface area contributed by atoms with Crippen LogP contribution >= 0.6 is 0 Å². The molecule has 7 heteroatoms. The summed E-state index contributed by atoms with van der Waals surface area (Å²) in [7, 11) is 1.71. The van der Waals surface area contributed by atoms with Gasteiger partial charge < -0.3 is 19.3 Å². The number of nitrogens with zero attached hydrogens (tertiary/aromatic N) is 4. The summed E-state index contributed by atoms with van der Waals surface area (Å²) in [4.78, 5) is 23.1. The number of carbonyl (C=O) groups excluding carboxylic acids is 2. The van der Waals surface area contributed by atoms with Crippen LogP contribution < -0.4 is 4.90 Å². The molecule has 33 heavy (non-hydrogen) atoms. The molecular weight excluding hydrogens is 416 g/mol. The summed E-state index contributed by atoms with van der Waals surface area (Å²) >= 11 is 0. The third-order valence-corrected chi connectivity index (χ3v) is 6.86. The lowest BCUT2D eigenvalue weighted by molar-refractivity contribution is -0.140. The maximum absolute atomic E-state index is 10.8. The van der Waals surface area contributed by atoms with E-state index in [0.717, 1.165) is 31.9 Å². The molecule has 3 heterocycles. The summed E-state index contributed by atoms with van der Waals surface area (Å²) in [6.07, 6.45) is 7.15. The molecule has 3 aliphatic rings. The van der Waals surface area contributed by atoms with Gasteiger partial charge >= 0.3 is 0 Å². The number of ether oxygens (including phenoxy) is 1. The lowest BCUT2D eigenvalue weighted by Crippen LogP contribution is -2.61. The summed E-state index contributed by atoms with van der Waals surface area (Å²) < 4.78 is 7.18. The normalized spacial score (nSPS) is 20.6. The summed E-state index contributed by atoms with van der Waals surface area (Å²) in [6, 6.07) is 2.78. The summed E-state index contributed by atoms with van der Waals surface area (Å²) in [5.41, 5.74) is 1.92. The zero-order chi connectivity index (χ0) is 25.4. The van der Waals surface area contributed by atoms with Crippen LogP contribution in [-0.4, -0.2) is 65.8 Å². The van der Waals surface area contributed by atoms with Crippen LogP contribution in [0.1, 0.15) is 92.3 Å². The van der Waals surface area contributed by atoms with E-state index in [2.05, 4.69) is 36.4 Å². The van der Waals surface area contributed by atoms with Crippen LogP contribution in [0, 0.1) is 12.3 Å². The highest BCUT2D eigenvalue weighted by Gasteiger charge is 2.53. The number of methoxy groups -OCH3 is 1. The van der Waals surface area contributed by atoms with Crippen molar-refractivity contribution >= 4 is 19.0 Å². The van der Waals surface area contributed by atoms with Crippen LogP contribution in [0.3, 0.4) is 0 Å². The molecule has 1 aromatic rings. The van der Waals surface area contributed by atoms with Crippen molar-refractivity contribution in [3.63, 3.8) is 0 Å². The van der Waals surface area contributed by atoms with E-state index in [1.54, 1.807) is 7.11 Å². The van der Waals surface area contributed by atoms with Crippen molar-refractivity contribution in [1.82, 2.24) is 14.7 Å². The Morgan fingerprint density at radius 1 is 1.15 bits per heavy atom. The monoisotopic (exact) mass is 464 g/mol. The molecule has 190 valence electrons. The van der Waals surface area contributed by atoms with Crippen molar-refractivity contribution in [3.05, 3.63) is 11.8 Å². The molecule has 3 fully saturated rings. The molecule has 0 radical (unpaired) electrons. The Bertz CT molecular complexity index is 724. The molecule has 2 aliphatic heterocycles. The molecule has 1 spiro atoms. The van der Waals surface area contributed by atoms with Gasteiger partial charge in [-0.15, -0.1) is 0 Å². The molecule has 0 aromatic carbocycles. The first kappa shape index (κ1) is 29.1. The minimum Gasteiger partial charge on any atom is -0.379 e. The van der Waals surface area contributed by atoms with Crippen LogP contribution in [0.25, 0.3) is 0 Å². The highest BCUT2D eigenvalue weighted by atomic mass is 16.5. The van der Waals surface area contributed by atoms with Crippen LogP contribution in [0.4, 0.5) is 5.82 Å².